The Hall–Kier alpha value is -13.4. The van der Waals surface area contributed by atoms with Crippen molar-refractivity contribution in [1.82, 2.24) is 9.13 Å². The Morgan fingerprint density at radius 1 is 0.292 bits per heavy atom. The second-order valence-electron chi connectivity index (χ2n) is 28.3. The molecule has 106 heavy (non-hydrogen) atoms. The predicted octanol–water partition coefficient (Wildman–Crippen LogP) is 25.1. The summed E-state index contributed by atoms with van der Waals surface area (Å²) in [6, 6.07) is 97.5. The van der Waals surface area contributed by atoms with Crippen molar-refractivity contribution in [2.45, 2.75) is 26.2 Å². The van der Waals surface area contributed by atoms with Gasteiger partial charge in [0.25, 0.3) is 6.71 Å². The molecular weight excluding hydrogens is 1280 g/mol. The van der Waals surface area contributed by atoms with Crippen molar-refractivity contribution in [2.24, 2.45) is 0 Å². The number of benzene rings is 16. The molecule has 500 valence electrons. The zero-order valence-corrected chi connectivity index (χ0v) is 58.2. The zero-order valence-electron chi connectivity index (χ0n) is 71.2. The molecule has 2 aromatic heterocycles. The SMILES string of the molecule is [2H]c1c([2H])c([2H])c(-c2ccc3c(c2)N(c2c(-c4ccccc4)cc(C(C)(C)C)cc2-c2ccccc2)c2cc(-n4c5c([2H])c([2H])c([2H])c([2H])c5c5c([2H])c([2H])c([2H])c([2H])c54)cc4c2B3c2ccc(N(c3ccccc3)c3ccc(-n5c6ccccc6c6ccccc65)cc3)cc2N4c2cc(-c3ccccc3)cc(-c3ccccc3)c2)c([2H])c1[2H]. The first-order chi connectivity index (χ1) is 57.6. The van der Waals surface area contributed by atoms with Gasteiger partial charge in [-0.15, -0.1) is 0 Å². The van der Waals surface area contributed by atoms with Gasteiger partial charge in [0.05, 0.1) is 51.3 Å². The van der Waals surface area contributed by atoms with Crippen molar-refractivity contribution in [3.05, 3.63) is 387 Å². The highest BCUT2D eigenvalue weighted by Crippen LogP contribution is 2.54. The van der Waals surface area contributed by atoms with Crippen LogP contribution in [0.2, 0.25) is 0 Å². The Morgan fingerprint density at radius 2 is 0.745 bits per heavy atom. The van der Waals surface area contributed by atoms with Crippen LogP contribution in [0.3, 0.4) is 0 Å². The molecule has 2 aliphatic heterocycles. The van der Waals surface area contributed by atoms with Gasteiger partial charge in [0.15, 0.2) is 0 Å². The molecule has 0 atom stereocenters. The maximum absolute atomic E-state index is 10.2. The van der Waals surface area contributed by atoms with Crippen LogP contribution in [-0.4, -0.2) is 15.8 Å². The molecule has 2 aliphatic rings. The number of anilines is 9. The van der Waals surface area contributed by atoms with Crippen LogP contribution in [0.25, 0.3) is 111 Å². The molecule has 16 aromatic carbocycles. The predicted molar refractivity (Wildman–Crippen MR) is 450 cm³/mol. The Labute approximate surface area is 637 Å². The molecule has 0 N–H and O–H groups in total. The number of nitrogens with zero attached hydrogens (tertiary/aromatic N) is 5. The highest BCUT2D eigenvalue weighted by Gasteiger charge is 2.46. The summed E-state index contributed by atoms with van der Waals surface area (Å²) in [5.74, 6) is 0. The van der Waals surface area contributed by atoms with Gasteiger partial charge in [-0.05, 0) is 193 Å². The van der Waals surface area contributed by atoms with Crippen LogP contribution in [0.4, 0.5) is 51.2 Å². The molecule has 5 nitrogen and oxygen atoms in total. The van der Waals surface area contributed by atoms with Crippen molar-refractivity contribution in [2.75, 3.05) is 14.7 Å². The molecule has 18 aromatic rings. The zero-order chi connectivity index (χ0) is 81.9. The first-order valence-corrected chi connectivity index (χ1v) is 35.8. The lowest BCUT2D eigenvalue weighted by Gasteiger charge is -2.46. The monoisotopic (exact) mass is 1370 g/mol. The third kappa shape index (κ3) is 10.4. The normalized spacial score (nSPS) is 14.1. The van der Waals surface area contributed by atoms with Crippen LogP contribution in [0.5, 0.6) is 0 Å². The standard InChI is InChI=1S/C100H72BN5/c1-100(2,3)75-62-86(70-36-16-7-17-37-70)99(87(63-75)71-38-18-8-19-39-71)106-94-61-72(67-30-10-4-11-31-67)50-56-88(94)101-89-57-55-79(102(76-40-20-9-21-41-76)77-51-53-78(54-52-77)103-90-46-26-22-42-82(90)83-43-23-27-47-91(83)103)64-95(89)105(80-59-73(68-32-12-5-13-33-68)58-74(60-80)69-34-14-6-15-35-69)96-65-81(66-97(106)98(96)101)104-92-48-28-24-44-84(92)85-45-25-29-49-93(85)104/h4-66H,1-3H3/i4D,10D,11D,24D,25D,28D,29D,30D,31D,44D,45D,48D,49D. The highest BCUT2D eigenvalue weighted by molar-refractivity contribution is 7.00. The number of rotatable bonds is 12. The van der Waals surface area contributed by atoms with E-state index >= 15 is 0 Å². The summed E-state index contributed by atoms with van der Waals surface area (Å²) < 4.78 is 128. The Morgan fingerprint density at radius 3 is 1.30 bits per heavy atom. The van der Waals surface area contributed by atoms with Gasteiger partial charge in [-0.2, -0.15) is 0 Å². The third-order valence-corrected chi connectivity index (χ3v) is 21.1. The lowest BCUT2D eigenvalue weighted by molar-refractivity contribution is 0.591. The van der Waals surface area contributed by atoms with E-state index in [2.05, 4.69) is 222 Å². The summed E-state index contributed by atoms with van der Waals surface area (Å²) in [5.41, 5.74) is 19.8. The molecule has 4 heterocycles. The van der Waals surface area contributed by atoms with E-state index < -0.39 is 90.7 Å². The second-order valence-corrected chi connectivity index (χ2v) is 28.3. The molecule has 0 amide bonds. The van der Waals surface area contributed by atoms with E-state index in [0.717, 1.165) is 117 Å². The largest absolute Gasteiger partial charge is 0.311 e. The summed E-state index contributed by atoms with van der Waals surface area (Å²) in [4.78, 5) is 6.75. The van der Waals surface area contributed by atoms with Gasteiger partial charge < -0.3 is 23.8 Å². The number of hydrogen-bond donors (Lipinski definition) is 0. The fraction of sp³-hybridized carbons (Fsp3) is 0.0400. The molecule has 0 radical (unpaired) electrons. The van der Waals surface area contributed by atoms with Crippen LogP contribution in [0, 0.1) is 0 Å². The van der Waals surface area contributed by atoms with Crippen LogP contribution in [0.15, 0.2) is 382 Å². The van der Waals surface area contributed by atoms with Crippen LogP contribution in [0.1, 0.15) is 44.2 Å². The average molecular weight is 1370 g/mol. The van der Waals surface area contributed by atoms with E-state index in [1.54, 1.807) is 4.57 Å². The molecule has 0 fully saturated rings. The van der Waals surface area contributed by atoms with E-state index in [0.29, 0.717) is 34.0 Å². The van der Waals surface area contributed by atoms with Gasteiger partial charge in [0.2, 0.25) is 0 Å². The van der Waals surface area contributed by atoms with Gasteiger partial charge in [0.1, 0.15) is 0 Å². The molecule has 6 heteroatoms. The maximum atomic E-state index is 10.2. The number of fused-ring (bicyclic) bond motifs is 10. The summed E-state index contributed by atoms with van der Waals surface area (Å²) in [5, 5.41) is 2.10. The van der Waals surface area contributed by atoms with Crippen molar-refractivity contribution in [3.63, 3.8) is 0 Å². The molecular formula is C100H72BN5. The van der Waals surface area contributed by atoms with E-state index in [4.69, 9.17) is 1.37 Å². The van der Waals surface area contributed by atoms with Crippen LogP contribution < -0.4 is 31.1 Å². The Bertz CT molecular complexity index is 6980. The van der Waals surface area contributed by atoms with Gasteiger partial charge in [-0.1, -0.05) is 281 Å². The first-order valence-electron chi connectivity index (χ1n) is 42.3. The van der Waals surface area contributed by atoms with Crippen LogP contribution in [-0.2, 0) is 5.41 Å². The van der Waals surface area contributed by atoms with Gasteiger partial charge >= 0.3 is 0 Å². The smallest absolute Gasteiger partial charge is 0.252 e. The fourth-order valence-corrected chi connectivity index (χ4v) is 16.3. The number of para-hydroxylation sites is 5. The molecule has 20 rings (SSSR count). The van der Waals surface area contributed by atoms with Gasteiger partial charge in [-0.3, -0.25) is 0 Å². The van der Waals surface area contributed by atoms with E-state index in [1.165, 1.54) is 0 Å². The molecule has 0 unspecified atom stereocenters. The summed E-state index contributed by atoms with van der Waals surface area (Å²) >= 11 is 0. The lowest BCUT2D eigenvalue weighted by Crippen LogP contribution is -2.61. The van der Waals surface area contributed by atoms with Crippen molar-refractivity contribution in [3.8, 4) is 67.0 Å². The highest BCUT2D eigenvalue weighted by atomic mass is 15.2. The molecule has 0 bridgehead atoms. The molecule has 0 aliphatic carbocycles. The number of aromatic nitrogens is 2. The Kier molecular flexibility index (Phi) is 11.9. The minimum Gasteiger partial charge on any atom is -0.311 e. The third-order valence-electron chi connectivity index (χ3n) is 21.1. The van der Waals surface area contributed by atoms with E-state index in [-0.39, 0.29) is 33.1 Å². The maximum Gasteiger partial charge on any atom is 0.252 e. The number of hydrogen-bond acceptors (Lipinski definition) is 3. The summed E-state index contributed by atoms with van der Waals surface area (Å²) in [7, 11) is 0. The van der Waals surface area contributed by atoms with Crippen molar-refractivity contribution >= 4 is 118 Å². The first kappa shape index (κ1) is 50.0. The van der Waals surface area contributed by atoms with E-state index in [1.807, 2.05) is 121 Å². The summed E-state index contributed by atoms with van der Waals surface area (Å²) in [6.07, 6.45) is 0. The van der Waals surface area contributed by atoms with E-state index in [9.17, 15) is 16.4 Å². The fourth-order valence-electron chi connectivity index (χ4n) is 16.3. The van der Waals surface area contributed by atoms with Gasteiger partial charge in [0, 0.05) is 83.9 Å². The average Bonchev–Trinajstić information content (AvgIpc) is 1.65. The lowest BCUT2D eigenvalue weighted by atomic mass is 9.33. The minimum atomic E-state index is -0.738. The summed E-state index contributed by atoms with van der Waals surface area (Å²) in [6.45, 7) is 5.82. The van der Waals surface area contributed by atoms with Crippen molar-refractivity contribution < 1.29 is 17.8 Å². The minimum absolute atomic E-state index is 0.0151. The quantitative estimate of drug-likeness (QED) is 0.114. The topological polar surface area (TPSA) is 19.6 Å². The molecule has 0 saturated heterocycles. The Balaban J connectivity index is 0.971. The molecule has 0 spiro atoms. The van der Waals surface area contributed by atoms with Crippen LogP contribution >= 0.6 is 0 Å². The van der Waals surface area contributed by atoms with Gasteiger partial charge in [-0.25, -0.2) is 0 Å². The second kappa shape index (κ2) is 25.2. The molecule has 0 saturated carbocycles. The van der Waals surface area contributed by atoms with Crippen molar-refractivity contribution in [1.29, 1.82) is 0 Å².